The van der Waals surface area contributed by atoms with Gasteiger partial charge < -0.3 is 9.80 Å². The van der Waals surface area contributed by atoms with Gasteiger partial charge in [0.25, 0.3) is 5.91 Å². The lowest BCUT2D eigenvalue weighted by Gasteiger charge is -2.37. The summed E-state index contributed by atoms with van der Waals surface area (Å²) in [7, 11) is 0. The fourth-order valence-corrected chi connectivity index (χ4v) is 3.95. The smallest absolute Gasteiger partial charge is 0.260 e. The van der Waals surface area contributed by atoms with E-state index in [9.17, 15) is 14.0 Å². The number of carbonyl (C=O) groups excluding carboxylic acids is 2. The van der Waals surface area contributed by atoms with Crippen LogP contribution in [0.15, 0.2) is 0 Å². The molecule has 2 saturated carbocycles. The Balaban J connectivity index is 1.49. The summed E-state index contributed by atoms with van der Waals surface area (Å²) in [5, 5.41) is 0. The standard InChI is InChI=1S/C15H21FN2O2/c16-15(5-1-6-15)14(20)17-7-4-11-12(17)8-13(19)18(11)9-10-2-3-10/h10-12H,1-9H2/t11-,12+/m0/s1. The molecule has 0 aromatic carbocycles. The molecule has 2 aliphatic heterocycles. The second-order valence-corrected chi connectivity index (χ2v) is 6.93. The molecule has 2 heterocycles. The number of amides is 2. The van der Waals surface area contributed by atoms with Crippen molar-refractivity contribution in [1.29, 1.82) is 0 Å². The number of halogens is 1. The highest BCUT2D eigenvalue weighted by Crippen LogP contribution is 2.42. The van der Waals surface area contributed by atoms with E-state index in [0.717, 1.165) is 19.4 Å². The van der Waals surface area contributed by atoms with Crippen molar-refractivity contribution in [2.45, 2.75) is 62.7 Å². The monoisotopic (exact) mass is 280 g/mol. The molecule has 0 aromatic heterocycles. The molecule has 4 rings (SSSR count). The van der Waals surface area contributed by atoms with E-state index < -0.39 is 5.67 Å². The summed E-state index contributed by atoms with van der Waals surface area (Å²) in [5.74, 6) is 0.477. The highest BCUT2D eigenvalue weighted by atomic mass is 19.1. The van der Waals surface area contributed by atoms with Gasteiger partial charge in [-0.3, -0.25) is 9.59 Å². The fraction of sp³-hybridized carbons (Fsp3) is 0.867. The Morgan fingerprint density at radius 3 is 2.60 bits per heavy atom. The van der Waals surface area contributed by atoms with Gasteiger partial charge in [-0.05, 0) is 44.4 Å². The molecule has 0 N–H and O–H groups in total. The van der Waals surface area contributed by atoms with E-state index in [1.807, 2.05) is 4.90 Å². The van der Waals surface area contributed by atoms with E-state index in [0.29, 0.717) is 31.7 Å². The van der Waals surface area contributed by atoms with Crippen LogP contribution in [0.3, 0.4) is 0 Å². The van der Waals surface area contributed by atoms with Crippen LogP contribution in [0.2, 0.25) is 0 Å². The predicted octanol–water partition coefficient (Wildman–Crippen LogP) is 1.49. The molecule has 0 radical (unpaired) electrons. The molecular formula is C15H21FN2O2. The molecule has 2 amide bonds. The molecular weight excluding hydrogens is 259 g/mol. The van der Waals surface area contributed by atoms with Gasteiger partial charge in [-0.25, -0.2) is 4.39 Å². The van der Waals surface area contributed by atoms with Crippen LogP contribution in [-0.2, 0) is 9.59 Å². The third kappa shape index (κ3) is 1.78. The van der Waals surface area contributed by atoms with E-state index >= 15 is 0 Å². The van der Waals surface area contributed by atoms with Crippen LogP contribution in [0.4, 0.5) is 4.39 Å². The molecule has 0 aromatic rings. The SMILES string of the molecule is O=C1C[C@@H]2[C@H](CCN2C(=O)C2(F)CCC2)N1CC1CC1. The Kier molecular flexibility index (Phi) is 2.63. The third-order valence-corrected chi connectivity index (χ3v) is 5.56. The van der Waals surface area contributed by atoms with Crippen LogP contribution in [0.1, 0.15) is 44.9 Å². The molecule has 4 fully saturated rings. The van der Waals surface area contributed by atoms with E-state index in [4.69, 9.17) is 0 Å². The van der Waals surface area contributed by atoms with Crippen molar-refractivity contribution in [3.05, 3.63) is 0 Å². The Morgan fingerprint density at radius 1 is 1.25 bits per heavy atom. The zero-order valence-corrected chi connectivity index (χ0v) is 11.7. The number of carbonyl (C=O) groups is 2. The maximum atomic E-state index is 14.3. The maximum Gasteiger partial charge on any atom is 0.260 e. The Bertz CT molecular complexity index is 459. The molecule has 4 nitrogen and oxygen atoms in total. The van der Waals surface area contributed by atoms with E-state index in [-0.39, 0.29) is 23.9 Å². The van der Waals surface area contributed by atoms with Gasteiger partial charge in [0.05, 0.1) is 12.1 Å². The summed E-state index contributed by atoms with van der Waals surface area (Å²) in [5.41, 5.74) is -1.62. The summed E-state index contributed by atoms with van der Waals surface area (Å²) in [6.45, 7) is 1.47. The summed E-state index contributed by atoms with van der Waals surface area (Å²) < 4.78 is 14.3. The molecule has 0 bridgehead atoms. The number of fused-ring (bicyclic) bond motifs is 1. The van der Waals surface area contributed by atoms with Crippen LogP contribution < -0.4 is 0 Å². The number of nitrogens with zero attached hydrogens (tertiary/aromatic N) is 2. The van der Waals surface area contributed by atoms with Crippen molar-refractivity contribution in [2.24, 2.45) is 5.92 Å². The van der Waals surface area contributed by atoms with Gasteiger partial charge in [-0.15, -0.1) is 0 Å². The quantitative estimate of drug-likeness (QED) is 0.786. The molecule has 20 heavy (non-hydrogen) atoms. The van der Waals surface area contributed by atoms with Crippen LogP contribution in [0, 0.1) is 5.92 Å². The highest BCUT2D eigenvalue weighted by Gasteiger charge is 2.54. The minimum absolute atomic E-state index is 0.0676. The average Bonchev–Trinajstić information content (AvgIpc) is 3.04. The second kappa shape index (κ2) is 4.18. The summed E-state index contributed by atoms with van der Waals surface area (Å²) in [4.78, 5) is 28.2. The topological polar surface area (TPSA) is 40.6 Å². The largest absolute Gasteiger partial charge is 0.337 e. The van der Waals surface area contributed by atoms with Gasteiger partial charge in [-0.1, -0.05) is 0 Å². The summed E-state index contributed by atoms with van der Waals surface area (Å²) in [6, 6.07) is 0.0812. The minimum Gasteiger partial charge on any atom is -0.337 e. The van der Waals surface area contributed by atoms with Gasteiger partial charge in [0.15, 0.2) is 5.67 Å². The van der Waals surface area contributed by atoms with Crippen molar-refractivity contribution in [2.75, 3.05) is 13.1 Å². The number of likely N-dealkylation sites (tertiary alicyclic amines) is 2. The fourth-order valence-electron chi connectivity index (χ4n) is 3.95. The Hall–Kier alpha value is -1.13. The highest BCUT2D eigenvalue weighted by molar-refractivity contribution is 5.89. The predicted molar refractivity (Wildman–Crippen MR) is 70.7 cm³/mol. The lowest BCUT2D eigenvalue weighted by Crippen LogP contribution is -2.52. The summed E-state index contributed by atoms with van der Waals surface area (Å²) in [6.07, 6.45) is 5.19. The molecule has 0 unspecified atom stereocenters. The number of rotatable bonds is 3. The third-order valence-electron chi connectivity index (χ3n) is 5.56. The summed E-state index contributed by atoms with van der Waals surface area (Å²) >= 11 is 0. The van der Waals surface area contributed by atoms with Crippen molar-refractivity contribution in [3.63, 3.8) is 0 Å². The molecule has 5 heteroatoms. The zero-order valence-electron chi connectivity index (χ0n) is 11.7. The Labute approximate surface area is 118 Å². The normalized spacial score (nSPS) is 35.1. The van der Waals surface area contributed by atoms with Crippen LogP contribution in [-0.4, -0.2) is 52.5 Å². The average molecular weight is 280 g/mol. The van der Waals surface area contributed by atoms with Gasteiger partial charge >= 0.3 is 0 Å². The zero-order chi connectivity index (χ0) is 13.9. The minimum atomic E-state index is -1.62. The molecule has 110 valence electrons. The molecule has 2 saturated heterocycles. The van der Waals surface area contributed by atoms with E-state index in [2.05, 4.69) is 0 Å². The molecule has 2 atom stereocenters. The molecule has 2 aliphatic carbocycles. The lowest BCUT2D eigenvalue weighted by molar-refractivity contribution is -0.150. The molecule has 4 aliphatic rings. The van der Waals surface area contributed by atoms with E-state index in [1.165, 1.54) is 12.8 Å². The van der Waals surface area contributed by atoms with Gasteiger partial charge in [0, 0.05) is 19.5 Å². The first-order valence-corrected chi connectivity index (χ1v) is 7.88. The van der Waals surface area contributed by atoms with Crippen molar-refractivity contribution >= 4 is 11.8 Å². The van der Waals surface area contributed by atoms with Crippen molar-refractivity contribution in [1.82, 2.24) is 9.80 Å². The number of hydrogen-bond acceptors (Lipinski definition) is 2. The first-order chi connectivity index (χ1) is 9.58. The number of alkyl halides is 1. The van der Waals surface area contributed by atoms with Crippen molar-refractivity contribution < 1.29 is 14.0 Å². The van der Waals surface area contributed by atoms with Crippen molar-refractivity contribution in [3.8, 4) is 0 Å². The van der Waals surface area contributed by atoms with Gasteiger partial charge in [0.1, 0.15) is 0 Å². The first kappa shape index (κ1) is 12.6. The molecule has 0 spiro atoms. The van der Waals surface area contributed by atoms with Gasteiger partial charge in [-0.2, -0.15) is 0 Å². The van der Waals surface area contributed by atoms with Crippen LogP contribution in [0.25, 0.3) is 0 Å². The van der Waals surface area contributed by atoms with E-state index in [1.54, 1.807) is 4.90 Å². The van der Waals surface area contributed by atoms with Gasteiger partial charge in [0.2, 0.25) is 5.91 Å². The second-order valence-electron chi connectivity index (χ2n) is 6.93. The maximum absolute atomic E-state index is 14.3. The Morgan fingerprint density at radius 2 is 2.00 bits per heavy atom. The first-order valence-electron chi connectivity index (χ1n) is 7.88. The lowest BCUT2D eigenvalue weighted by atomic mass is 9.80. The van der Waals surface area contributed by atoms with Crippen LogP contribution in [0.5, 0.6) is 0 Å². The number of hydrogen-bond donors (Lipinski definition) is 0. The van der Waals surface area contributed by atoms with Crippen LogP contribution >= 0.6 is 0 Å².